The summed E-state index contributed by atoms with van der Waals surface area (Å²) in [5, 5.41) is 3.68. The van der Waals surface area contributed by atoms with Gasteiger partial charge in [-0.1, -0.05) is 18.6 Å². The smallest absolute Gasteiger partial charge is 0.225 e. The van der Waals surface area contributed by atoms with E-state index in [1.165, 1.54) is 12.1 Å². The van der Waals surface area contributed by atoms with Crippen LogP contribution in [0, 0.1) is 5.92 Å². The summed E-state index contributed by atoms with van der Waals surface area (Å²) in [5.74, 6) is 1.51. The SMILES string of the molecule is COc1cccc(C2=C(CN3CCN(C(=O)C4CCC4)CC3)N3C=C(Br)C=CC3N2)c1. The van der Waals surface area contributed by atoms with E-state index >= 15 is 0 Å². The average Bonchev–Trinajstić information content (AvgIpc) is 3.10. The summed E-state index contributed by atoms with van der Waals surface area (Å²) in [6.07, 6.45) is 9.88. The lowest BCUT2D eigenvalue weighted by molar-refractivity contribution is -0.139. The molecule has 164 valence electrons. The molecular formula is C24H29BrN4O2. The quantitative estimate of drug-likeness (QED) is 0.694. The maximum atomic E-state index is 12.6. The minimum absolute atomic E-state index is 0.110. The topological polar surface area (TPSA) is 48.1 Å². The first-order valence-electron chi connectivity index (χ1n) is 11.1. The first-order chi connectivity index (χ1) is 15.1. The third kappa shape index (κ3) is 4.13. The van der Waals surface area contributed by atoms with Crippen LogP contribution in [0.5, 0.6) is 5.75 Å². The second-order valence-corrected chi connectivity index (χ2v) is 9.57. The van der Waals surface area contributed by atoms with Crippen molar-refractivity contribution < 1.29 is 9.53 Å². The summed E-state index contributed by atoms with van der Waals surface area (Å²) < 4.78 is 6.52. The van der Waals surface area contributed by atoms with Gasteiger partial charge >= 0.3 is 0 Å². The normalized spacial score (nSPS) is 23.9. The molecule has 1 aromatic carbocycles. The van der Waals surface area contributed by atoms with Crippen LogP contribution in [0.15, 0.2) is 52.8 Å². The Morgan fingerprint density at radius 1 is 1.23 bits per heavy atom. The molecule has 1 aliphatic carbocycles. The molecule has 6 nitrogen and oxygen atoms in total. The standard InChI is InChI=1S/C24H29BrN4O2/c1-31-20-7-3-6-18(14-20)23-21(29-15-19(25)8-9-22(29)26-23)16-27-10-12-28(13-11-27)24(30)17-4-2-5-17/h3,6-9,14-15,17,22,26H,2,4-5,10-13,16H2,1H3. The van der Waals surface area contributed by atoms with E-state index in [1.54, 1.807) is 7.11 Å². The highest BCUT2D eigenvalue weighted by molar-refractivity contribution is 9.11. The highest BCUT2D eigenvalue weighted by Gasteiger charge is 2.34. The van der Waals surface area contributed by atoms with Gasteiger partial charge in [-0.25, -0.2) is 0 Å². The van der Waals surface area contributed by atoms with Crippen LogP contribution in [-0.4, -0.2) is 66.6 Å². The Bertz CT molecular complexity index is 945. The van der Waals surface area contributed by atoms with E-state index in [0.29, 0.717) is 5.91 Å². The van der Waals surface area contributed by atoms with E-state index in [4.69, 9.17) is 4.74 Å². The van der Waals surface area contributed by atoms with Gasteiger partial charge in [0.2, 0.25) is 5.91 Å². The molecule has 1 atom stereocenters. The molecule has 0 aromatic heterocycles. The molecule has 5 rings (SSSR count). The Hall–Kier alpha value is -2.25. The van der Waals surface area contributed by atoms with Gasteiger partial charge in [0, 0.05) is 54.9 Å². The molecule has 0 bridgehead atoms. The van der Waals surface area contributed by atoms with Crippen LogP contribution in [0.1, 0.15) is 24.8 Å². The Morgan fingerprint density at radius 2 is 2.03 bits per heavy atom. The van der Waals surface area contributed by atoms with E-state index in [-0.39, 0.29) is 12.1 Å². The van der Waals surface area contributed by atoms with E-state index < -0.39 is 0 Å². The van der Waals surface area contributed by atoms with Crippen molar-refractivity contribution in [1.29, 1.82) is 0 Å². The summed E-state index contributed by atoms with van der Waals surface area (Å²) in [5.41, 5.74) is 3.51. The van der Waals surface area contributed by atoms with Crippen LogP contribution in [0.25, 0.3) is 5.70 Å². The molecule has 7 heteroatoms. The molecular weight excluding hydrogens is 456 g/mol. The van der Waals surface area contributed by atoms with Crippen LogP contribution in [0.4, 0.5) is 0 Å². The molecule has 1 amide bonds. The molecule has 1 saturated heterocycles. The number of nitrogens with one attached hydrogen (secondary N) is 1. The van der Waals surface area contributed by atoms with Crippen molar-refractivity contribution in [2.45, 2.75) is 25.4 Å². The number of rotatable bonds is 5. The number of amides is 1. The number of benzene rings is 1. The Kier molecular flexibility index (Phi) is 5.80. The summed E-state index contributed by atoms with van der Waals surface area (Å²) in [4.78, 5) is 19.5. The molecule has 0 radical (unpaired) electrons. The van der Waals surface area contributed by atoms with Gasteiger partial charge in [0.25, 0.3) is 0 Å². The van der Waals surface area contributed by atoms with Gasteiger partial charge in [0.05, 0.1) is 18.5 Å². The first-order valence-corrected chi connectivity index (χ1v) is 11.9. The minimum atomic E-state index is 0.110. The monoisotopic (exact) mass is 484 g/mol. The van der Waals surface area contributed by atoms with Crippen LogP contribution in [0.3, 0.4) is 0 Å². The number of hydrogen-bond donors (Lipinski definition) is 1. The van der Waals surface area contributed by atoms with Crippen LogP contribution < -0.4 is 10.1 Å². The lowest BCUT2D eigenvalue weighted by Gasteiger charge is -2.39. The first kappa shape index (κ1) is 20.6. The summed E-state index contributed by atoms with van der Waals surface area (Å²) in [6, 6.07) is 8.21. The molecule has 4 aliphatic rings. The van der Waals surface area contributed by atoms with Crippen molar-refractivity contribution >= 4 is 27.5 Å². The largest absolute Gasteiger partial charge is 0.497 e. The van der Waals surface area contributed by atoms with Gasteiger partial charge in [-0.15, -0.1) is 0 Å². The lowest BCUT2D eigenvalue weighted by atomic mass is 9.84. The fraction of sp³-hybridized carbons (Fsp3) is 0.458. The van der Waals surface area contributed by atoms with Crippen LogP contribution in [-0.2, 0) is 4.79 Å². The molecule has 1 N–H and O–H groups in total. The Morgan fingerprint density at radius 3 is 2.74 bits per heavy atom. The number of ether oxygens (including phenoxy) is 1. The summed E-state index contributed by atoms with van der Waals surface area (Å²) >= 11 is 3.63. The maximum absolute atomic E-state index is 12.6. The lowest BCUT2D eigenvalue weighted by Crippen LogP contribution is -2.51. The predicted octanol–water partition coefficient (Wildman–Crippen LogP) is 3.35. The highest BCUT2D eigenvalue weighted by atomic mass is 79.9. The highest BCUT2D eigenvalue weighted by Crippen LogP contribution is 2.34. The number of allylic oxidation sites excluding steroid dienone is 2. The van der Waals surface area contributed by atoms with Crippen LogP contribution >= 0.6 is 15.9 Å². The van der Waals surface area contributed by atoms with Gasteiger partial charge in [-0.05, 0) is 53.1 Å². The molecule has 1 unspecified atom stereocenters. The number of piperazine rings is 1. The van der Waals surface area contributed by atoms with Crippen LogP contribution in [0.2, 0.25) is 0 Å². The number of halogens is 1. The zero-order chi connectivity index (χ0) is 21.4. The molecule has 2 fully saturated rings. The maximum Gasteiger partial charge on any atom is 0.225 e. The number of fused-ring (bicyclic) bond motifs is 1. The zero-order valence-corrected chi connectivity index (χ0v) is 19.5. The number of carbonyl (C=O) groups is 1. The Labute approximate surface area is 192 Å². The van der Waals surface area contributed by atoms with E-state index in [1.807, 2.05) is 12.1 Å². The van der Waals surface area contributed by atoms with Crippen molar-refractivity contribution in [1.82, 2.24) is 20.0 Å². The summed E-state index contributed by atoms with van der Waals surface area (Å²) in [6.45, 7) is 4.31. The zero-order valence-electron chi connectivity index (χ0n) is 17.9. The number of carbonyl (C=O) groups excluding carboxylic acids is 1. The van der Waals surface area contributed by atoms with Gasteiger partial charge < -0.3 is 19.9 Å². The fourth-order valence-corrected chi connectivity index (χ4v) is 5.07. The Balaban J connectivity index is 1.35. The molecule has 31 heavy (non-hydrogen) atoms. The molecule has 1 aromatic rings. The molecule has 3 aliphatic heterocycles. The van der Waals surface area contributed by atoms with E-state index in [0.717, 1.165) is 67.1 Å². The third-order valence-electron chi connectivity index (χ3n) is 6.76. The van der Waals surface area contributed by atoms with Crippen molar-refractivity contribution in [3.05, 3.63) is 58.4 Å². The third-order valence-corrected chi connectivity index (χ3v) is 7.23. The van der Waals surface area contributed by atoms with Crippen molar-refractivity contribution in [2.75, 3.05) is 39.8 Å². The second-order valence-electron chi connectivity index (χ2n) is 8.65. The predicted molar refractivity (Wildman–Crippen MR) is 125 cm³/mol. The van der Waals surface area contributed by atoms with Crippen molar-refractivity contribution in [2.24, 2.45) is 5.92 Å². The van der Waals surface area contributed by atoms with Crippen molar-refractivity contribution in [3.63, 3.8) is 0 Å². The van der Waals surface area contributed by atoms with Gasteiger partial charge in [0.1, 0.15) is 11.9 Å². The van der Waals surface area contributed by atoms with Gasteiger partial charge in [-0.3, -0.25) is 9.69 Å². The van der Waals surface area contributed by atoms with Crippen molar-refractivity contribution in [3.8, 4) is 5.75 Å². The average molecular weight is 485 g/mol. The molecule has 1 saturated carbocycles. The van der Waals surface area contributed by atoms with Gasteiger partial charge in [-0.2, -0.15) is 0 Å². The van der Waals surface area contributed by atoms with E-state index in [9.17, 15) is 4.79 Å². The van der Waals surface area contributed by atoms with Gasteiger partial charge in [0.15, 0.2) is 0 Å². The number of nitrogens with zero attached hydrogens (tertiary/aromatic N) is 3. The second kappa shape index (κ2) is 8.71. The molecule has 3 heterocycles. The summed E-state index contributed by atoms with van der Waals surface area (Å²) in [7, 11) is 1.70. The fourth-order valence-electron chi connectivity index (χ4n) is 4.70. The minimum Gasteiger partial charge on any atom is -0.497 e. The number of methoxy groups -OCH3 is 1. The van der Waals surface area contributed by atoms with E-state index in [2.05, 4.69) is 66.4 Å². The molecule has 0 spiro atoms. The number of hydrogen-bond acceptors (Lipinski definition) is 5.